The number of benzene rings is 3. The van der Waals surface area contributed by atoms with E-state index < -0.39 is 18.1 Å². The molecule has 3 aromatic rings. The van der Waals surface area contributed by atoms with Gasteiger partial charge in [-0.2, -0.15) is 0 Å². The van der Waals surface area contributed by atoms with Gasteiger partial charge >= 0.3 is 5.97 Å². The smallest absolute Gasteiger partial charge is 0.305 e. The van der Waals surface area contributed by atoms with Crippen LogP contribution in [0.2, 0.25) is 0 Å². The normalized spacial score (nSPS) is 12.8. The number of carbonyl (C=O) groups is 2. The van der Waals surface area contributed by atoms with Crippen LogP contribution in [-0.4, -0.2) is 41.1 Å². The molecule has 178 valence electrons. The predicted octanol–water partition coefficient (Wildman–Crippen LogP) is 4.00. The van der Waals surface area contributed by atoms with Gasteiger partial charge < -0.3 is 10.4 Å². The highest BCUT2D eigenvalue weighted by molar-refractivity contribution is 5.82. The molecule has 0 radical (unpaired) electrons. The number of carbonyl (C=O) groups excluding carboxylic acids is 1. The SMILES string of the molecule is CCN(N[C@@H](CC(=O)O)c1ccccc1)[C@@H](Cc1ccccc1)C(=O)NCCc1ccccc1. The Labute approximate surface area is 201 Å². The van der Waals surface area contributed by atoms with Crippen LogP contribution in [0.25, 0.3) is 0 Å². The summed E-state index contributed by atoms with van der Waals surface area (Å²) >= 11 is 0. The van der Waals surface area contributed by atoms with Gasteiger partial charge in [0, 0.05) is 13.1 Å². The second kappa shape index (κ2) is 13.3. The van der Waals surface area contributed by atoms with Gasteiger partial charge in [-0.05, 0) is 29.5 Å². The van der Waals surface area contributed by atoms with Gasteiger partial charge in [0.05, 0.1) is 12.5 Å². The van der Waals surface area contributed by atoms with Gasteiger partial charge in [-0.1, -0.05) is 97.9 Å². The minimum absolute atomic E-state index is 0.0868. The van der Waals surface area contributed by atoms with Gasteiger partial charge in [0.15, 0.2) is 0 Å². The van der Waals surface area contributed by atoms with E-state index in [1.165, 1.54) is 5.56 Å². The highest BCUT2D eigenvalue weighted by atomic mass is 16.4. The first-order chi connectivity index (χ1) is 16.6. The van der Waals surface area contributed by atoms with Crippen molar-refractivity contribution in [1.82, 2.24) is 15.8 Å². The molecule has 0 saturated carbocycles. The van der Waals surface area contributed by atoms with Crippen LogP contribution in [0.4, 0.5) is 0 Å². The van der Waals surface area contributed by atoms with Crippen molar-refractivity contribution >= 4 is 11.9 Å². The van der Waals surface area contributed by atoms with Crippen LogP contribution in [0.5, 0.6) is 0 Å². The van der Waals surface area contributed by atoms with E-state index in [2.05, 4.69) is 10.7 Å². The molecule has 3 rings (SSSR count). The molecule has 0 unspecified atom stereocenters. The zero-order chi connectivity index (χ0) is 24.2. The molecule has 0 aliphatic rings. The lowest BCUT2D eigenvalue weighted by atomic mass is 10.0. The zero-order valence-electron chi connectivity index (χ0n) is 19.6. The molecule has 0 saturated heterocycles. The molecule has 0 aliphatic heterocycles. The third-order valence-corrected chi connectivity index (χ3v) is 5.75. The first-order valence-corrected chi connectivity index (χ1v) is 11.7. The number of amides is 1. The predicted molar refractivity (Wildman–Crippen MR) is 134 cm³/mol. The second-order valence-electron chi connectivity index (χ2n) is 8.21. The summed E-state index contributed by atoms with van der Waals surface area (Å²) in [6.07, 6.45) is 1.16. The van der Waals surface area contributed by atoms with Crippen LogP contribution in [0.15, 0.2) is 91.0 Å². The number of hydrazine groups is 1. The van der Waals surface area contributed by atoms with Crippen molar-refractivity contribution < 1.29 is 14.7 Å². The number of hydrogen-bond donors (Lipinski definition) is 3. The van der Waals surface area contributed by atoms with Crippen LogP contribution in [0.1, 0.15) is 36.1 Å². The molecule has 3 aromatic carbocycles. The Balaban J connectivity index is 1.77. The van der Waals surface area contributed by atoms with Gasteiger partial charge in [-0.3, -0.25) is 9.59 Å². The van der Waals surface area contributed by atoms with E-state index in [0.29, 0.717) is 19.5 Å². The number of aliphatic carboxylic acids is 1. The van der Waals surface area contributed by atoms with Gasteiger partial charge in [0.25, 0.3) is 0 Å². The first kappa shape index (κ1) is 25.1. The Morgan fingerprint density at radius 3 is 1.97 bits per heavy atom. The van der Waals surface area contributed by atoms with E-state index in [9.17, 15) is 14.7 Å². The topological polar surface area (TPSA) is 81.7 Å². The van der Waals surface area contributed by atoms with Gasteiger partial charge in [0.2, 0.25) is 5.91 Å². The summed E-state index contributed by atoms with van der Waals surface area (Å²) in [5, 5.41) is 14.5. The lowest BCUT2D eigenvalue weighted by Gasteiger charge is -2.34. The number of nitrogens with zero attached hydrogens (tertiary/aromatic N) is 1. The lowest BCUT2D eigenvalue weighted by molar-refractivity contribution is -0.138. The summed E-state index contributed by atoms with van der Waals surface area (Å²) < 4.78 is 0. The summed E-state index contributed by atoms with van der Waals surface area (Å²) in [6.45, 7) is 3.03. The van der Waals surface area contributed by atoms with Crippen molar-refractivity contribution in [3.63, 3.8) is 0 Å². The Morgan fingerprint density at radius 2 is 1.41 bits per heavy atom. The van der Waals surface area contributed by atoms with Crippen molar-refractivity contribution in [3.05, 3.63) is 108 Å². The largest absolute Gasteiger partial charge is 0.481 e. The number of carboxylic acid groups (broad SMARTS) is 1. The highest BCUT2D eigenvalue weighted by Crippen LogP contribution is 2.19. The first-order valence-electron chi connectivity index (χ1n) is 11.7. The zero-order valence-corrected chi connectivity index (χ0v) is 19.6. The molecule has 6 heteroatoms. The van der Waals surface area contributed by atoms with E-state index in [4.69, 9.17) is 0 Å². The van der Waals surface area contributed by atoms with E-state index >= 15 is 0 Å². The molecule has 2 atom stereocenters. The van der Waals surface area contributed by atoms with Crippen molar-refractivity contribution in [2.75, 3.05) is 13.1 Å². The van der Waals surface area contributed by atoms with Crippen LogP contribution >= 0.6 is 0 Å². The van der Waals surface area contributed by atoms with Crippen molar-refractivity contribution in [2.24, 2.45) is 0 Å². The molecule has 34 heavy (non-hydrogen) atoms. The lowest BCUT2D eigenvalue weighted by Crippen LogP contribution is -2.55. The maximum atomic E-state index is 13.4. The summed E-state index contributed by atoms with van der Waals surface area (Å²) in [7, 11) is 0. The maximum Gasteiger partial charge on any atom is 0.305 e. The standard InChI is InChI=1S/C28H33N3O3/c1-2-31(30-25(21-27(32)33)24-16-10-5-11-17-24)26(20-23-14-8-4-9-15-23)28(34)29-19-18-22-12-6-3-7-13-22/h3-17,25-26,30H,2,18-21H2,1H3,(H,29,34)(H,32,33)/t25-,26-/m0/s1. The monoisotopic (exact) mass is 459 g/mol. The molecule has 3 N–H and O–H groups in total. The molecule has 0 bridgehead atoms. The molecular formula is C28H33N3O3. The Morgan fingerprint density at radius 1 is 0.853 bits per heavy atom. The molecule has 0 heterocycles. The summed E-state index contributed by atoms with van der Waals surface area (Å²) in [5.41, 5.74) is 6.43. The average molecular weight is 460 g/mol. The molecule has 0 aromatic heterocycles. The summed E-state index contributed by atoms with van der Waals surface area (Å²) in [5.74, 6) is -0.986. The number of carboxylic acids is 1. The number of hydrogen-bond acceptors (Lipinski definition) is 4. The molecule has 0 fully saturated rings. The quantitative estimate of drug-likeness (QED) is 0.337. The third-order valence-electron chi connectivity index (χ3n) is 5.75. The maximum absolute atomic E-state index is 13.4. The highest BCUT2D eigenvalue weighted by Gasteiger charge is 2.28. The fourth-order valence-electron chi connectivity index (χ4n) is 3.97. The van der Waals surface area contributed by atoms with E-state index in [1.54, 1.807) is 0 Å². The average Bonchev–Trinajstić information content (AvgIpc) is 2.87. The van der Waals surface area contributed by atoms with Gasteiger partial charge in [-0.15, -0.1) is 0 Å². The molecular weight excluding hydrogens is 426 g/mol. The van der Waals surface area contributed by atoms with Crippen molar-refractivity contribution in [3.8, 4) is 0 Å². The van der Waals surface area contributed by atoms with Crippen LogP contribution < -0.4 is 10.7 Å². The molecule has 6 nitrogen and oxygen atoms in total. The van der Waals surface area contributed by atoms with Crippen LogP contribution in [0.3, 0.4) is 0 Å². The number of rotatable bonds is 13. The molecule has 0 aliphatic carbocycles. The third kappa shape index (κ3) is 7.83. The summed E-state index contributed by atoms with van der Waals surface area (Å²) in [4.78, 5) is 25.0. The fraction of sp³-hybridized carbons (Fsp3) is 0.286. The van der Waals surface area contributed by atoms with Gasteiger partial charge in [0.1, 0.15) is 6.04 Å². The van der Waals surface area contributed by atoms with Crippen LogP contribution in [-0.2, 0) is 22.4 Å². The minimum atomic E-state index is -0.899. The number of likely N-dealkylation sites (N-methyl/N-ethyl adjacent to an activating group) is 1. The van der Waals surface area contributed by atoms with E-state index in [-0.39, 0.29) is 12.3 Å². The molecule has 0 spiro atoms. The minimum Gasteiger partial charge on any atom is -0.481 e. The summed E-state index contributed by atoms with van der Waals surface area (Å²) in [6, 6.07) is 28.5. The van der Waals surface area contributed by atoms with Crippen molar-refractivity contribution in [1.29, 1.82) is 0 Å². The number of nitrogens with one attached hydrogen (secondary N) is 2. The van der Waals surface area contributed by atoms with E-state index in [1.807, 2.05) is 103 Å². The van der Waals surface area contributed by atoms with E-state index in [0.717, 1.165) is 17.5 Å². The van der Waals surface area contributed by atoms with Crippen molar-refractivity contribution in [2.45, 2.75) is 38.3 Å². The Kier molecular flexibility index (Phi) is 9.82. The van der Waals surface area contributed by atoms with Crippen LogP contribution in [0, 0.1) is 0 Å². The second-order valence-corrected chi connectivity index (χ2v) is 8.21. The Hall–Kier alpha value is -3.48. The molecule has 1 amide bonds. The van der Waals surface area contributed by atoms with Gasteiger partial charge in [-0.25, -0.2) is 10.4 Å². The Bertz CT molecular complexity index is 1010. The fourth-order valence-corrected chi connectivity index (χ4v) is 3.97.